The van der Waals surface area contributed by atoms with E-state index < -0.39 is 61.3 Å². The molecule has 2 heterocycles. The quantitative estimate of drug-likeness (QED) is 0.0795. The van der Waals surface area contributed by atoms with Gasteiger partial charge in [-0.25, -0.2) is 0 Å². The van der Waals surface area contributed by atoms with E-state index in [0.717, 1.165) is 27.8 Å². The highest BCUT2D eigenvalue weighted by Gasteiger charge is 2.51. The summed E-state index contributed by atoms with van der Waals surface area (Å²) in [7, 11) is 0. The van der Waals surface area contributed by atoms with Crippen molar-refractivity contribution < 1.29 is 52.6 Å². The molecule has 5 aromatic carbocycles. The van der Waals surface area contributed by atoms with Crippen LogP contribution in [0.2, 0.25) is 0 Å². The summed E-state index contributed by atoms with van der Waals surface area (Å²) in [4.78, 5) is 25.6. The van der Waals surface area contributed by atoms with E-state index in [2.05, 4.69) is 10.6 Å². The summed E-state index contributed by atoms with van der Waals surface area (Å²) in [6.45, 7) is 3.79. The van der Waals surface area contributed by atoms with Crippen molar-refractivity contribution in [3.8, 4) is 0 Å². The summed E-state index contributed by atoms with van der Waals surface area (Å²) in [6, 6.07) is 46.7. The standard InChI is InChI=1S/C51H58N2O11/c1-35(54)52-44-48(60-31-40-24-14-6-15-25-40)47(59-30-39-22-12-5-13-23-39)43(63-50(44)56)34-62-51-45(53-36(2)55)49(61-32-41-26-16-7-17-27-41)46(58-29-38-20-10-4-11-21-38)42(64-51)33-57-28-37-18-8-3-9-19-37/h3-27,42-51,56H,28-34H2,1-2H3,(H,52,54)(H,53,55)/t42-,43-,44-,45-,46+,47+,48-,49-,50+,51-/m1/s1. The van der Waals surface area contributed by atoms with Gasteiger partial charge in [0.05, 0.1) is 46.2 Å². The first-order valence-corrected chi connectivity index (χ1v) is 21.7. The minimum atomic E-state index is -1.50. The lowest BCUT2D eigenvalue weighted by Gasteiger charge is -2.48. The predicted octanol–water partition coefficient (Wildman–Crippen LogP) is 6.01. The third-order valence-electron chi connectivity index (χ3n) is 11.0. The minimum absolute atomic E-state index is 0.0987. The first kappa shape index (κ1) is 46.7. The molecule has 0 spiro atoms. The van der Waals surface area contributed by atoms with E-state index >= 15 is 0 Å². The molecule has 0 saturated carbocycles. The number of rotatable bonds is 21. The van der Waals surface area contributed by atoms with Gasteiger partial charge in [-0.05, 0) is 27.8 Å². The zero-order valence-electron chi connectivity index (χ0n) is 36.2. The maximum atomic E-state index is 13.1. The van der Waals surface area contributed by atoms with E-state index in [1.54, 1.807) is 0 Å². The molecular formula is C51H58N2O11. The lowest BCUT2D eigenvalue weighted by atomic mass is 9.95. The zero-order valence-corrected chi connectivity index (χ0v) is 36.2. The summed E-state index contributed by atoms with van der Waals surface area (Å²) in [5.74, 6) is -0.714. The van der Waals surface area contributed by atoms with Gasteiger partial charge in [0, 0.05) is 13.8 Å². The second-order valence-electron chi connectivity index (χ2n) is 15.9. The summed E-state index contributed by atoms with van der Waals surface area (Å²) in [6.07, 6.45) is -7.60. The first-order valence-electron chi connectivity index (χ1n) is 21.7. The number of ether oxygens (including phenoxy) is 8. The molecule has 7 rings (SSSR count). The molecule has 3 N–H and O–H groups in total. The van der Waals surface area contributed by atoms with Gasteiger partial charge in [-0.15, -0.1) is 0 Å². The summed E-state index contributed by atoms with van der Waals surface area (Å²) in [5, 5.41) is 17.4. The molecule has 0 radical (unpaired) electrons. The third kappa shape index (κ3) is 13.6. The fourth-order valence-corrected chi connectivity index (χ4v) is 7.93. The van der Waals surface area contributed by atoms with Crippen molar-refractivity contribution in [1.82, 2.24) is 10.6 Å². The molecule has 64 heavy (non-hydrogen) atoms. The lowest BCUT2D eigenvalue weighted by molar-refractivity contribution is -0.314. The van der Waals surface area contributed by atoms with Crippen molar-refractivity contribution in [2.45, 2.75) is 108 Å². The van der Waals surface area contributed by atoms with Crippen LogP contribution in [0.25, 0.3) is 0 Å². The molecule has 0 unspecified atom stereocenters. The molecule has 10 atom stereocenters. The molecule has 2 aliphatic rings. The Morgan fingerprint density at radius 2 is 0.797 bits per heavy atom. The van der Waals surface area contributed by atoms with Crippen LogP contribution < -0.4 is 10.6 Å². The SMILES string of the molecule is CC(=O)N[C@@H]1[C@@H](OCc2ccccc2)[C@@H](OCc2ccccc2)[C@@H](CO[C@@H]2O[C@H](COCc3ccccc3)[C@H](OCc3ccccc3)[C@H](OCc3ccccc3)[C@H]2NC(C)=O)O[C@@H]1O. The van der Waals surface area contributed by atoms with Gasteiger partial charge in [-0.2, -0.15) is 0 Å². The Balaban J connectivity index is 1.19. The molecule has 2 saturated heterocycles. The third-order valence-corrected chi connectivity index (χ3v) is 11.0. The van der Waals surface area contributed by atoms with Gasteiger partial charge in [-0.1, -0.05) is 152 Å². The Morgan fingerprint density at radius 1 is 0.453 bits per heavy atom. The molecule has 0 aromatic heterocycles. The van der Waals surface area contributed by atoms with Crippen LogP contribution in [0.1, 0.15) is 41.7 Å². The molecule has 338 valence electrons. The molecule has 2 fully saturated rings. The largest absolute Gasteiger partial charge is 0.374 e. The highest BCUT2D eigenvalue weighted by atomic mass is 16.7. The molecule has 13 heteroatoms. The van der Waals surface area contributed by atoms with E-state index in [1.165, 1.54) is 13.8 Å². The van der Waals surface area contributed by atoms with Crippen LogP contribution in [0.5, 0.6) is 0 Å². The smallest absolute Gasteiger partial charge is 0.217 e. The predicted molar refractivity (Wildman–Crippen MR) is 237 cm³/mol. The Labute approximate surface area is 374 Å². The Morgan fingerprint density at radius 3 is 1.20 bits per heavy atom. The van der Waals surface area contributed by atoms with Crippen molar-refractivity contribution in [3.05, 3.63) is 179 Å². The van der Waals surface area contributed by atoms with Crippen molar-refractivity contribution in [2.75, 3.05) is 13.2 Å². The van der Waals surface area contributed by atoms with Gasteiger partial charge in [0.25, 0.3) is 0 Å². The van der Waals surface area contributed by atoms with Gasteiger partial charge in [0.15, 0.2) is 12.6 Å². The van der Waals surface area contributed by atoms with Gasteiger partial charge in [0.1, 0.15) is 48.7 Å². The van der Waals surface area contributed by atoms with Gasteiger partial charge < -0.3 is 53.6 Å². The van der Waals surface area contributed by atoms with E-state index in [1.807, 2.05) is 152 Å². The highest BCUT2D eigenvalue weighted by Crippen LogP contribution is 2.32. The summed E-state index contributed by atoms with van der Waals surface area (Å²) >= 11 is 0. The van der Waals surface area contributed by atoms with Crippen LogP contribution in [0, 0.1) is 0 Å². The zero-order chi connectivity index (χ0) is 44.5. The molecular weight excluding hydrogens is 817 g/mol. The molecule has 2 aliphatic heterocycles. The van der Waals surface area contributed by atoms with Gasteiger partial charge in [-0.3, -0.25) is 9.59 Å². The topological polar surface area (TPSA) is 152 Å². The van der Waals surface area contributed by atoms with Crippen LogP contribution in [0.4, 0.5) is 0 Å². The molecule has 5 aromatic rings. The van der Waals surface area contributed by atoms with Crippen LogP contribution in [0.3, 0.4) is 0 Å². The second-order valence-corrected chi connectivity index (χ2v) is 15.9. The van der Waals surface area contributed by atoms with Crippen LogP contribution in [-0.2, 0) is 80.5 Å². The minimum Gasteiger partial charge on any atom is -0.374 e. The highest BCUT2D eigenvalue weighted by molar-refractivity contribution is 5.73. The lowest BCUT2D eigenvalue weighted by Crippen LogP contribution is -2.67. The second kappa shape index (κ2) is 24.1. The summed E-state index contributed by atoms with van der Waals surface area (Å²) < 4.78 is 52.7. The molecule has 0 aliphatic carbocycles. The maximum absolute atomic E-state index is 13.1. The molecule has 0 bridgehead atoms. The van der Waals surface area contributed by atoms with Crippen LogP contribution in [0.15, 0.2) is 152 Å². The number of nitrogens with one attached hydrogen (secondary N) is 2. The van der Waals surface area contributed by atoms with Crippen molar-refractivity contribution in [2.24, 2.45) is 0 Å². The normalized spacial score (nSPS) is 25.6. The van der Waals surface area contributed by atoms with Gasteiger partial charge in [0.2, 0.25) is 11.8 Å². The Hall–Kier alpha value is -5.32. The number of amides is 2. The van der Waals surface area contributed by atoms with Gasteiger partial charge >= 0.3 is 0 Å². The maximum Gasteiger partial charge on any atom is 0.217 e. The number of aliphatic hydroxyl groups is 1. The fraction of sp³-hybridized carbons (Fsp3) is 0.373. The average molecular weight is 875 g/mol. The van der Waals surface area contributed by atoms with Crippen LogP contribution in [-0.4, -0.2) is 91.4 Å². The fourth-order valence-electron chi connectivity index (χ4n) is 7.93. The molecule has 13 nitrogen and oxygen atoms in total. The average Bonchev–Trinajstić information content (AvgIpc) is 3.31. The van der Waals surface area contributed by atoms with E-state index in [0.29, 0.717) is 6.61 Å². The van der Waals surface area contributed by atoms with Crippen LogP contribution >= 0.6 is 0 Å². The van der Waals surface area contributed by atoms with E-state index in [4.69, 9.17) is 37.9 Å². The van der Waals surface area contributed by atoms with E-state index in [-0.39, 0.29) is 51.5 Å². The Bertz CT molecular complexity index is 2120. The van der Waals surface area contributed by atoms with E-state index in [9.17, 15) is 14.7 Å². The Kier molecular flexibility index (Phi) is 17.6. The number of carbonyl (C=O) groups excluding carboxylic acids is 2. The number of hydrogen-bond acceptors (Lipinski definition) is 11. The number of aliphatic hydroxyl groups excluding tert-OH is 1. The number of carbonyl (C=O) groups is 2. The number of benzene rings is 5. The van der Waals surface area contributed by atoms with Crippen molar-refractivity contribution >= 4 is 11.8 Å². The number of hydrogen-bond donors (Lipinski definition) is 3. The first-order chi connectivity index (χ1) is 31.3. The van der Waals surface area contributed by atoms with Crippen molar-refractivity contribution in [1.29, 1.82) is 0 Å². The van der Waals surface area contributed by atoms with Crippen molar-refractivity contribution in [3.63, 3.8) is 0 Å². The summed E-state index contributed by atoms with van der Waals surface area (Å²) in [5.41, 5.74) is 4.63. The molecule has 2 amide bonds. The monoisotopic (exact) mass is 874 g/mol.